The van der Waals surface area contributed by atoms with Crippen molar-refractivity contribution in [1.82, 2.24) is 9.47 Å². The fourth-order valence-electron chi connectivity index (χ4n) is 5.77. The number of aryl methyl sites for hydroxylation is 4. The number of fused-ring (bicyclic) bond motifs is 2. The lowest BCUT2D eigenvalue weighted by atomic mass is 9.88. The van der Waals surface area contributed by atoms with Gasteiger partial charge in [-0.3, -0.25) is 9.69 Å². The van der Waals surface area contributed by atoms with Gasteiger partial charge in [0.1, 0.15) is 0 Å². The fraction of sp³-hybridized carbons (Fsp3) is 0.323. The largest absolute Gasteiger partial charge is 0.310 e. The van der Waals surface area contributed by atoms with Crippen LogP contribution in [-0.4, -0.2) is 16.5 Å². The molecule has 2 heterocycles. The van der Waals surface area contributed by atoms with E-state index in [0.717, 1.165) is 36.7 Å². The Hall–Kier alpha value is -3.17. The maximum atomic E-state index is 13.8. The second-order valence-corrected chi connectivity index (χ2v) is 10.1. The van der Waals surface area contributed by atoms with Crippen molar-refractivity contribution >= 4 is 10.8 Å². The van der Waals surface area contributed by atoms with Crippen molar-refractivity contribution in [1.29, 1.82) is 0 Å². The normalized spacial score (nSPS) is 15.6. The molecule has 1 unspecified atom stereocenters. The van der Waals surface area contributed by atoms with E-state index in [4.69, 9.17) is 0 Å². The Kier molecular flexibility index (Phi) is 5.91. The zero-order valence-electron chi connectivity index (χ0n) is 21.0. The Morgan fingerprint density at radius 3 is 2.21 bits per heavy atom. The molecule has 4 aromatic rings. The number of hydrogen-bond acceptors (Lipinski definition) is 2. The SMILES string of the molecule is Cc1cc(C)cc(CN(C)C2CCCn3c2c(-c2ccccc2)c2cc(C)c(C)cc2c3=O)c1. The first-order chi connectivity index (χ1) is 16.3. The fourth-order valence-corrected chi connectivity index (χ4v) is 5.77. The summed E-state index contributed by atoms with van der Waals surface area (Å²) in [6.07, 6.45) is 2.07. The third-order valence-electron chi connectivity index (χ3n) is 7.41. The molecule has 34 heavy (non-hydrogen) atoms. The van der Waals surface area contributed by atoms with E-state index in [9.17, 15) is 4.79 Å². The summed E-state index contributed by atoms with van der Waals surface area (Å²) in [7, 11) is 2.21. The number of benzene rings is 3. The summed E-state index contributed by atoms with van der Waals surface area (Å²) < 4.78 is 2.08. The van der Waals surface area contributed by atoms with Gasteiger partial charge in [-0.15, -0.1) is 0 Å². The number of rotatable bonds is 4. The van der Waals surface area contributed by atoms with Crippen molar-refractivity contribution in [2.75, 3.05) is 7.05 Å². The topological polar surface area (TPSA) is 25.2 Å². The van der Waals surface area contributed by atoms with Gasteiger partial charge in [-0.05, 0) is 81.3 Å². The summed E-state index contributed by atoms with van der Waals surface area (Å²) in [4.78, 5) is 16.2. The van der Waals surface area contributed by atoms with Gasteiger partial charge in [0.2, 0.25) is 0 Å². The number of aromatic nitrogens is 1. The lowest BCUT2D eigenvalue weighted by molar-refractivity contribution is 0.193. The van der Waals surface area contributed by atoms with Gasteiger partial charge in [-0.2, -0.15) is 0 Å². The van der Waals surface area contributed by atoms with Gasteiger partial charge >= 0.3 is 0 Å². The summed E-state index contributed by atoms with van der Waals surface area (Å²) in [6, 6.07) is 21.9. The zero-order chi connectivity index (χ0) is 24.0. The van der Waals surface area contributed by atoms with Gasteiger partial charge < -0.3 is 4.57 Å². The highest BCUT2D eigenvalue weighted by Crippen LogP contribution is 2.40. The van der Waals surface area contributed by atoms with E-state index in [2.05, 4.69) is 105 Å². The van der Waals surface area contributed by atoms with Crippen molar-refractivity contribution in [3.05, 3.63) is 105 Å². The summed E-state index contributed by atoms with van der Waals surface area (Å²) in [6.45, 7) is 10.2. The Balaban J connectivity index is 1.74. The molecule has 1 aliphatic heterocycles. The highest BCUT2D eigenvalue weighted by atomic mass is 16.1. The van der Waals surface area contributed by atoms with E-state index in [1.165, 1.54) is 44.6 Å². The number of hydrogen-bond donors (Lipinski definition) is 0. The monoisotopic (exact) mass is 450 g/mol. The van der Waals surface area contributed by atoms with E-state index in [0.29, 0.717) is 0 Å². The zero-order valence-corrected chi connectivity index (χ0v) is 21.0. The first-order valence-electron chi connectivity index (χ1n) is 12.3. The van der Waals surface area contributed by atoms with Crippen molar-refractivity contribution in [2.24, 2.45) is 0 Å². The Morgan fingerprint density at radius 2 is 1.53 bits per heavy atom. The molecule has 3 nitrogen and oxygen atoms in total. The van der Waals surface area contributed by atoms with Crippen LogP contribution in [0.1, 0.15) is 52.4 Å². The molecule has 0 aliphatic carbocycles. The van der Waals surface area contributed by atoms with Crippen LogP contribution in [0.15, 0.2) is 65.5 Å². The molecule has 0 spiro atoms. The molecule has 0 bridgehead atoms. The van der Waals surface area contributed by atoms with Crippen LogP contribution in [0.4, 0.5) is 0 Å². The molecular formula is C31H34N2O. The van der Waals surface area contributed by atoms with Crippen LogP contribution in [-0.2, 0) is 13.1 Å². The predicted octanol–water partition coefficient (Wildman–Crippen LogP) is 6.87. The van der Waals surface area contributed by atoms with E-state index in [1.807, 2.05) is 0 Å². The minimum Gasteiger partial charge on any atom is -0.310 e. The van der Waals surface area contributed by atoms with Crippen LogP contribution in [0, 0.1) is 27.7 Å². The first-order valence-corrected chi connectivity index (χ1v) is 12.3. The first kappa shape index (κ1) is 22.6. The van der Waals surface area contributed by atoms with Crippen molar-refractivity contribution in [2.45, 2.75) is 59.7 Å². The summed E-state index contributed by atoms with van der Waals surface area (Å²) >= 11 is 0. The third-order valence-corrected chi connectivity index (χ3v) is 7.41. The Labute approximate surface area is 202 Å². The maximum Gasteiger partial charge on any atom is 0.258 e. The molecule has 0 amide bonds. The summed E-state index contributed by atoms with van der Waals surface area (Å²) in [5.41, 5.74) is 10.0. The van der Waals surface area contributed by atoms with Crippen LogP contribution < -0.4 is 5.56 Å². The van der Waals surface area contributed by atoms with Crippen LogP contribution in [0.3, 0.4) is 0 Å². The Bertz CT molecular complexity index is 1410. The minimum atomic E-state index is 0.150. The van der Waals surface area contributed by atoms with Crippen molar-refractivity contribution in [3.8, 4) is 11.1 Å². The quantitative estimate of drug-likeness (QED) is 0.339. The number of nitrogens with zero attached hydrogens (tertiary/aromatic N) is 2. The van der Waals surface area contributed by atoms with Gasteiger partial charge in [0.25, 0.3) is 5.56 Å². The second kappa shape index (κ2) is 8.88. The molecule has 5 rings (SSSR count). The summed E-state index contributed by atoms with van der Waals surface area (Å²) in [5.74, 6) is 0. The van der Waals surface area contributed by atoms with Crippen molar-refractivity contribution < 1.29 is 0 Å². The van der Waals surface area contributed by atoms with Crippen LogP contribution in [0.5, 0.6) is 0 Å². The van der Waals surface area contributed by atoms with Gasteiger partial charge in [0.15, 0.2) is 0 Å². The highest BCUT2D eigenvalue weighted by molar-refractivity contribution is 5.98. The molecular weight excluding hydrogens is 416 g/mol. The Morgan fingerprint density at radius 1 is 0.882 bits per heavy atom. The molecule has 0 saturated heterocycles. The molecule has 0 N–H and O–H groups in total. The smallest absolute Gasteiger partial charge is 0.258 e. The average molecular weight is 451 g/mol. The standard InChI is InChI=1S/C31H34N2O/c1-20-14-21(2)16-24(15-20)19-32(5)28-12-9-13-33-30(28)29(25-10-7-6-8-11-25)26-17-22(3)23(4)18-27(26)31(33)34/h6-8,10-11,14-18,28H,9,12-13,19H2,1-5H3. The van der Waals surface area contributed by atoms with Gasteiger partial charge in [-0.1, -0.05) is 65.7 Å². The van der Waals surface area contributed by atoms with Crippen molar-refractivity contribution in [3.63, 3.8) is 0 Å². The van der Waals surface area contributed by atoms with Gasteiger partial charge in [-0.25, -0.2) is 0 Å². The molecule has 3 heteroatoms. The summed E-state index contributed by atoms with van der Waals surface area (Å²) in [5, 5.41) is 1.92. The molecule has 174 valence electrons. The molecule has 1 aromatic heterocycles. The van der Waals surface area contributed by atoms with Crippen LogP contribution >= 0.6 is 0 Å². The van der Waals surface area contributed by atoms with Crippen LogP contribution in [0.2, 0.25) is 0 Å². The minimum absolute atomic E-state index is 0.150. The molecule has 1 aliphatic rings. The van der Waals surface area contributed by atoms with Gasteiger partial charge in [0, 0.05) is 29.7 Å². The third kappa shape index (κ3) is 3.99. The van der Waals surface area contributed by atoms with Gasteiger partial charge in [0.05, 0.1) is 6.04 Å². The maximum absolute atomic E-state index is 13.8. The second-order valence-electron chi connectivity index (χ2n) is 10.1. The molecule has 1 atom stereocenters. The molecule has 0 fully saturated rings. The predicted molar refractivity (Wildman–Crippen MR) is 142 cm³/mol. The highest BCUT2D eigenvalue weighted by Gasteiger charge is 2.30. The van der Waals surface area contributed by atoms with E-state index < -0.39 is 0 Å². The lowest BCUT2D eigenvalue weighted by Crippen LogP contribution is -2.36. The average Bonchev–Trinajstić information content (AvgIpc) is 2.80. The van der Waals surface area contributed by atoms with Crippen LogP contribution in [0.25, 0.3) is 21.9 Å². The van der Waals surface area contributed by atoms with E-state index in [1.54, 1.807) is 0 Å². The lowest BCUT2D eigenvalue weighted by Gasteiger charge is -2.36. The molecule has 0 radical (unpaired) electrons. The molecule has 3 aromatic carbocycles. The number of pyridine rings is 1. The van der Waals surface area contributed by atoms with E-state index in [-0.39, 0.29) is 11.6 Å². The van der Waals surface area contributed by atoms with E-state index >= 15 is 0 Å². The molecule has 0 saturated carbocycles.